The van der Waals surface area contributed by atoms with Gasteiger partial charge in [0.2, 0.25) is 0 Å². The lowest BCUT2D eigenvalue weighted by Gasteiger charge is -2.34. The fourth-order valence-corrected chi connectivity index (χ4v) is 3.77. The van der Waals surface area contributed by atoms with Crippen LogP contribution in [-0.4, -0.2) is 32.9 Å². The van der Waals surface area contributed by atoms with Crippen LogP contribution in [0.25, 0.3) is 11.0 Å². The Balaban J connectivity index is 1.64. The first-order valence-corrected chi connectivity index (χ1v) is 9.25. The zero-order valence-corrected chi connectivity index (χ0v) is 14.8. The molecular weight excluding hydrogens is 322 g/mol. The maximum Gasteiger partial charge on any atom is 0.121 e. The van der Waals surface area contributed by atoms with Gasteiger partial charge in [-0.15, -0.1) is 0 Å². The summed E-state index contributed by atoms with van der Waals surface area (Å²) in [5, 5.41) is 0. The highest BCUT2D eigenvalue weighted by Crippen LogP contribution is 2.33. The van der Waals surface area contributed by atoms with Crippen LogP contribution in [0.15, 0.2) is 42.5 Å². The molecule has 136 valence electrons. The third kappa shape index (κ3) is 3.64. The number of aromatic amines is 1. The van der Waals surface area contributed by atoms with E-state index < -0.39 is 0 Å². The second-order valence-electron chi connectivity index (χ2n) is 6.76. The van der Waals surface area contributed by atoms with Gasteiger partial charge in [0.25, 0.3) is 0 Å². The first-order chi connectivity index (χ1) is 15.4. The number of hydrogen-bond donors (Lipinski definition) is 2. The molecule has 0 unspecified atom stereocenters. The molecule has 0 spiro atoms. The smallest absolute Gasteiger partial charge is 0.121 e. The van der Waals surface area contributed by atoms with Crippen LogP contribution >= 0.6 is 0 Å². The molecule has 26 heavy (non-hydrogen) atoms. The number of rotatable bonds is 8. The number of imidazole rings is 1. The summed E-state index contributed by atoms with van der Waals surface area (Å²) in [6.45, 7) is 1.57. The van der Waals surface area contributed by atoms with Crippen LogP contribution in [0.3, 0.4) is 0 Å². The van der Waals surface area contributed by atoms with Crippen LogP contribution in [0.2, 0.25) is 2.82 Å². The predicted octanol–water partition coefficient (Wildman–Crippen LogP) is 3.58. The number of benzene rings is 1. The number of fused-ring (bicyclic) bond motifs is 2. The molecule has 4 rings (SSSR count). The number of nitrogens with zero attached hydrogens (tertiary/aromatic N) is 3. The molecule has 1 aromatic carbocycles. The molecule has 1 aliphatic carbocycles. The zero-order chi connectivity index (χ0) is 22.8. The summed E-state index contributed by atoms with van der Waals surface area (Å²) in [6.07, 6.45) is 6.39. The van der Waals surface area contributed by atoms with Gasteiger partial charge in [-0.05, 0) is 68.9 Å². The van der Waals surface area contributed by atoms with Crippen LogP contribution in [0.1, 0.15) is 54.3 Å². The van der Waals surface area contributed by atoms with Gasteiger partial charge < -0.3 is 10.7 Å². The predicted molar refractivity (Wildman–Crippen MR) is 105 cm³/mol. The standard InChI is InChI=1S/C21H27N5/c22-12-3-4-14-26(15-20-24-17-9-1-2-10-18(17)25-20)19-11-5-7-16-8-6-13-23-21(16)19/h1-2,6,8-10,13,19H,3-5,7,11-12,14-15,22H2,(H,24,25)/t19-/m0/s1/i1D,2D,9D,10D/hD2. The Hall–Kier alpha value is -2.24. The Kier molecular flexibility index (Phi) is 3.52. The molecule has 0 aliphatic heterocycles. The Morgan fingerprint density at radius 2 is 2.31 bits per heavy atom. The highest BCUT2D eigenvalue weighted by atomic mass is 15.2. The summed E-state index contributed by atoms with van der Waals surface area (Å²) < 4.78 is 46.7. The SMILES string of the molecule is [2H]c1c([2H])c([2H])c2[nH]c(CN(CCCCN([2H])[2H])[C@H]3CCCc4cccnc43)nc2c1[2H]. The minimum Gasteiger partial charge on any atom is -0.341 e. The number of hydrogen-bond acceptors (Lipinski definition) is 4. The van der Waals surface area contributed by atoms with Crippen LogP contribution in [0.5, 0.6) is 0 Å². The quantitative estimate of drug-likeness (QED) is 0.606. The average Bonchev–Trinajstić information content (AvgIpc) is 3.22. The number of nitrogens with two attached hydrogens (primary N) is 1. The van der Waals surface area contributed by atoms with Gasteiger partial charge in [-0.1, -0.05) is 18.2 Å². The van der Waals surface area contributed by atoms with Gasteiger partial charge in [-0.3, -0.25) is 9.88 Å². The topological polar surface area (TPSA) is 70.8 Å². The Morgan fingerprint density at radius 3 is 3.27 bits per heavy atom. The third-order valence-electron chi connectivity index (χ3n) is 5.00. The van der Waals surface area contributed by atoms with E-state index in [0.29, 0.717) is 30.2 Å². The van der Waals surface area contributed by atoms with Gasteiger partial charge in [0, 0.05) is 6.20 Å². The highest BCUT2D eigenvalue weighted by molar-refractivity contribution is 5.74. The van der Waals surface area contributed by atoms with Crippen molar-refractivity contribution in [3.8, 4) is 0 Å². The normalized spacial score (nSPS) is 20.3. The molecule has 0 radical (unpaired) electrons. The maximum absolute atomic E-state index is 8.16. The van der Waals surface area contributed by atoms with E-state index in [1.807, 2.05) is 12.3 Å². The largest absolute Gasteiger partial charge is 0.341 e. The van der Waals surface area contributed by atoms with E-state index in [-0.39, 0.29) is 35.7 Å². The lowest BCUT2D eigenvalue weighted by atomic mass is 9.90. The second kappa shape index (κ2) is 7.98. The molecule has 3 N–H and O–H groups in total. The number of para-hydroxylation sites is 2. The summed E-state index contributed by atoms with van der Waals surface area (Å²) in [4.78, 5) is 14.6. The molecule has 0 saturated heterocycles. The summed E-state index contributed by atoms with van der Waals surface area (Å²) in [5.74, 6) is 0.595. The first kappa shape index (κ1) is 11.5. The van der Waals surface area contributed by atoms with Crippen LogP contribution in [0.4, 0.5) is 0 Å². The van der Waals surface area contributed by atoms with E-state index in [1.54, 1.807) is 0 Å². The number of nitrogens with one attached hydrogen (secondary N) is 1. The fourth-order valence-electron chi connectivity index (χ4n) is 3.77. The second-order valence-corrected chi connectivity index (χ2v) is 6.76. The molecule has 3 aromatic rings. The number of H-pyrrole nitrogens is 1. The van der Waals surface area contributed by atoms with Crippen LogP contribution in [0, 0.1) is 0 Å². The zero-order valence-electron chi connectivity index (χ0n) is 20.8. The highest BCUT2D eigenvalue weighted by Gasteiger charge is 2.27. The molecule has 1 atom stereocenters. The summed E-state index contributed by atoms with van der Waals surface area (Å²) in [5.41, 5.74) is 3.60. The number of pyridine rings is 1. The fraction of sp³-hybridized carbons (Fsp3) is 0.429. The third-order valence-corrected chi connectivity index (χ3v) is 5.00. The molecule has 0 amide bonds. The molecule has 0 bridgehead atoms. The average molecular weight is 356 g/mol. The van der Waals surface area contributed by atoms with Crippen molar-refractivity contribution in [3.63, 3.8) is 0 Å². The molecule has 0 saturated carbocycles. The van der Waals surface area contributed by atoms with Crippen molar-refractivity contribution < 1.29 is 8.31 Å². The summed E-state index contributed by atoms with van der Waals surface area (Å²) in [6, 6.07) is 3.40. The maximum atomic E-state index is 8.16. The van der Waals surface area contributed by atoms with Crippen molar-refractivity contribution in [2.45, 2.75) is 44.7 Å². The molecule has 2 aromatic heterocycles. The summed E-state index contributed by atoms with van der Waals surface area (Å²) in [7, 11) is 0. The van der Waals surface area contributed by atoms with Crippen molar-refractivity contribution in [1.29, 1.82) is 0 Å². The van der Waals surface area contributed by atoms with E-state index in [4.69, 9.17) is 8.31 Å². The van der Waals surface area contributed by atoms with E-state index in [2.05, 4.69) is 25.9 Å². The van der Waals surface area contributed by atoms with Crippen LogP contribution in [-0.2, 0) is 13.0 Å². The molecule has 0 fully saturated rings. The lowest BCUT2D eigenvalue weighted by molar-refractivity contribution is 0.159. The lowest BCUT2D eigenvalue weighted by Crippen LogP contribution is -2.33. The van der Waals surface area contributed by atoms with Crippen molar-refractivity contribution >= 4 is 11.0 Å². The van der Waals surface area contributed by atoms with Crippen LogP contribution < -0.4 is 5.72 Å². The van der Waals surface area contributed by atoms with Gasteiger partial charge in [-0.25, -0.2) is 4.98 Å². The Morgan fingerprint density at radius 1 is 1.35 bits per heavy atom. The minimum atomic E-state index is -0.279. The molecule has 1 aliphatic rings. The Labute approximate surface area is 163 Å². The first-order valence-electron chi connectivity index (χ1n) is 12.1. The van der Waals surface area contributed by atoms with Gasteiger partial charge >= 0.3 is 0 Å². The van der Waals surface area contributed by atoms with Crippen molar-refractivity contribution in [2.24, 2.45) is 5.72 Å². The molecule has 2 heterocycles. The molecule has 5 heteroatoms. The molecule has 5 nitrogen and oxygen atoms in total. The van der Waals surface area contributed by atoms with Gasteiger partial charge in [0.05, 0.1) is 34.8 Å². The van der Waals surface area contributed by atoms with E-state index in [0.717, 1.165) is 44.3 Å². The summed E-state index contributed by atoms with van der Waals surface area (Å²) >= 11 is 0. The van der Waals surface area contributed by atoms with Gasteiger partial charge in [0.15, 0.2) is 0 Å². The van der Waals surface area contributed by atoms with Crippen molar-refractivity contribution in [2.75, 3.05) is 13.1 Å². The van der Waals surface area contributed by atoms with E-state index in [9.17, 15) is 0 Å². The van der Waals surface area contributed by atoms with E-state index in [1.165, 1.54) is 5.56 Å². The number of unbranched alkanes of at least 4 members (excludes halogenated alkanes) is 1. The van der Waals surface area contributed by atoms with Gasteiger partial charge in [0.1, 0.15) is 8.65 Å². The molecular formula is C21H27N5. The van der Waals surface area contributed by atoms with Crippen molar-refractivity contribution in [3.05, 3.63) is 59.6 Å². The minimum absolute atomic E-state index is 0.109. The van der Waals surface area contributed by atoms with Crippen molar-refractivity contribution in [1.82, 2.24) is 19.9 Å². The number of aryl methyl sites for hydroxylation is 1. The number of aromatic nitrogens is 3. The Bertz CT molecular complexity index is 1060. The van der Waals surface area contributed by atoms with Gasteiger partial charge in [-0.2, -0.15) is 0 Å². The monoisotopic (exact) mass is 355 g/mol. The van der Waals surface area contributed by atoms with E-state index >= 15 is 0 Å².